The van der Waals surface area contributed by atoms with Crippen molar-refractivity contribution in [3.8, 4) is 11.5 Å². The molecule has 1 aromatic carbocycles. The number of hydrogen-bond acceptors (Lipinski definition) is 7. The Balaban J connectivity index is 1.22. The summed E-state index contributed by atoms with van der Waals surface area (Å²) in [7, 11) is 0. The third-order valence-corrected chi connectivity index (χ3v) is 15.5. The van der Waals surface area contributed by atoms with Gasteiger partial charge in [0.25, 0.3) is 0 Å². The number of hydrogen-bond donors (Lipinski definition) is 1. The van der Waals surface area contributed by atoms with Gasteiger partial charge in [0.2, 0.25) is 0 Å². The van der Waals surface area contributed by atoms with E-state index in [2.05, 4.69) is 54.5 Å². The number of carboxylic acids is 1. The maximum Gasteiger partial charge on any atom is 0.331 e. The summed E-state index contributed by atoms with van der Waals surface area (Å²) in [6.45, 7) is 19.2. The Morgan fingerprint density at radius 1 is 0.824 bits per heavy atom. The molecule has 278 valence electrons. The molecule has 10 atom stereocenters. The van der Waals surface area contributed by atoms with E-state index < -0.39 is 29.3 Å². The molecule has 51 heavy (non-hydrogen) atoms. The smallest absolute Gasteiger partial charge is 0.331 e. The Labute approximate surface area is 303 Å². The van der Waals surface area contributed by atoms with Gasteiger partial charge in [0.15, 0.2) is 11.5 Å². The van der Waals surface area contributed by atoms with Crippen molar-refractivity contribution < 1.29 is 38.5 Å². The maximum absolute atomic E-state index is 13.3. The fourth-order valence-electron chi connectivity index (χ4n) is 12.5. The summed E-state index contributed by atoms with van der Waals surface area (Å²) in [5, 5.41) is 10.7. The van der Waals surface area contributed by atoms with Crippen LogP contribution >= 0.6 is 0 Å². The molecule has 3 unspecified atom stereocenters. The molecule has 1 N–H and O–H groups in total. The molecule has 0 aliphatic heterocycles. The first-order chi connectivity index (χ1) is 23.8. The topological polar surface area (TPSA) is 116 Å². The first-order valence-corrected chi connectivity index (χ1v) is 19.1. The third kappa shape index (κ3) is 5.87. The van der Waals surface area contributed by atoms with Crippen LogP contribution in [-0.4, -0.2) is 35.1 Å². The zero-order valence-corrected chi connectivity index (χ0v) is 32.1. The molecule has 8 heteroatoms. The summed E-state index contributed by atoms with van der Waals surface area (Å²) in [4.78, 5) is 49.5. The number of carboxylic acid groups (broad SMARTS) is 1. The van der Waals surface area contributed by atoms with Gasteiger partial charge in [-0.25, -0.2) is 4.79 Å². The van der Waals surface area contributed by atoms with Crippen molar-refractivity contribution in [3.05, 3.63) is 41.5 Å². The monoisotopic (exact) mass is 702 g/mol. The van der Waals surface area contributed by atoms with Gasteiger partial charge in [-0.1, -0.05) is 66.2 Å². The molecule has 0 bridgehead atoms. The molecule has 0 amide bonds. The lowest BCUT2D eigenvalue weighted by molar-refractivity contribution is -0.213. The van der Waals surface area contributed by atoms with Crippen LogP contribution in [0.2, 0.25) is 0 Å². The molecule has 6 rings (SSSR count). The Bertz CT molecular complexity index is 1670. The van der Waals surface area contributed by atoms with Gasteiger partial charge in [0, 0.05) is 25.3 Å². The Morgan fingerprint density at radius 2 is 1.51 bits per heavy atom. The second-order valence-corrected chi connectivity index (χ2v) is 18.1. The summed E-state index contributed by atoms with van der Waals surface area (Å²) in [6.07, 6.45) is 13.7. The lowest BCUT2D eigenvalue weighted by atomic mass is 9.33. The van der Waals surface area contributed by atoms with Crippen LogP contribution in [0, 0.1) is 56.7 Å². The Kier molecular flexibility index (Phi) is 9.45. The highest BCUT2D eigenvalue weighted by atomic mass is 16.6. The van der Waals surface area contributed by atoms with Crippen molar-refractivity contribution in [2.45, 2.75) is 126 Å². The minimum atomic E-state index is -0.641. The van der Waals surface area contributed by atoms with E-state index in [1.54, 1.807) is 18.2 Å². The first kappa shape index (κ1) is 37.3. The molecule has 0 saturated heterocycles. The van der Waals surface area contributed by atoms with Gasteiger partial charge in [0.1, 0.15) is 6.10 Å². The number of benzene rings is 1. The van der Waals surface area contributed by atoms with E-state index in [0.717, 1.165) is 57.8 Å². The lowest BCUT2D eigenvalue weighted by Gasteiger charge is -2.71. The molecule has 5 aliphatic rings. The number of rotatable bonds is 6. The number of esters is 3. The summed E-state index contributed by atoms with van der Waals surface area (Å²) in [5.41, 5.74) is 1.25. The number of ether oxygens (including phenoxy) is 3. The number of carbonyl (C=O) groups is 4. The van der Waals surface area contributed by atoms with Crippen LogP contribution in [0.1, 0.15) is 126 Å². The van der Waals surface area contributed by atoms with Crippen molar-refractivity contribution in [2.24, 2.45) is 56.7 Å². The average molecular weight is 703 g/mol. The number of allylic oxidation sites excluding steroid dienone is 2. The van der Waals surface area contributed by atoms with Crippen LogP contribution in [0.5, 0.6) is 11.5 Å². The lowest BCUT2D eigenvalue weighted by Crippen LogP contribution is -2.65. The molecule has 0 spiro atoms. The highest BCUT2D eigenvalue weighted by Gasteiger charge is 2.69. The second kappa shape index (κ2) is 12.9. The average Bonchev–Trinajstić information content (AvgIpc) is 3.04. The SMILES string of the molecule is CC(=O)Oc1ccc(/C=C/C(=O)O[C@H]2CC[C@@]3(C)C(CC[C@]4(C)C3CC=C3C5[C@@H](C)[C@H](C)CC[C@]5(C(=O)O)CC[C@]34C)C2(C)C)cc1OC(C)=O. The standard InChI is InChI=1S/C43H58O8/c1-25-16-21-43(38(47)48)23-22-41(8)30(37(43)26(25)2)12-14-34-40(7)19-18-35(39(5,6)33(40)17-20-42(34,41)9)51-36(46)15-11-29-10-13-31(49-27(3)44)32(24-29)50-28(4)45/h10-13,15,24-26,33-35,37H,14,16-23H2,1-9H3,(H,47,48)/b15-11+/t25-,26+,33?,34?,35+,37?,40+,41-,42-,43+/m1/s1. The number of fused-ring (bicyclic) bond motifs is 7. The van der Waals surface area contributed by atoms with Gasteiger partial charge in [-0.3, -0.25) is 14.4 Å². The van der Waals surface area contributed by atoms with Crippen LogP contribution in [-0.2, 0) is 23.9 Å². The normalized spacial score (nSPS) is 39.7. The second-order valence-electron chi connectivity index (χ2n) is 18.1. The zero-order chi connectivity index (χ0) is 37.3. The van der Waals surface area contributed by atoms with Crippen molar-refractivity contribution in [1.82, 2.24) is 0 Å². The molecule has 0 heterocycles. The van der Waals surface area contributed by atoms with Gasteiger partial charge in [-0.15, -0.1) is 0 Å². The number of aliphatic carboxylic acids is 1. The largest absolute Gasteiger partial charge is 0.481 e. The fraction of sp³-hybridized carbons (Fsp3) is 0.674. The predicted octanol–water partition coefficient (Wildman–Crippen LogP) is 9.20. The summed E-state index contributed by atoms with van der Waals surface area (Å²) in [6, 6.07) is 4.76. The quantitative estimate of drug-likeness (QED) is 0.135. The summed E-state index contributed by atoms with van der Waals surface area (Å²) in [5.74, 6) is -0.0822. The van der Waals surface area contributed by atoms with E-state index in [1.165, 1.54) is 31.6 Å². The molecule has 4 fully saturated rings. The van der Waals surface area contributed by atoms with Crippen molar-refractivity contribution >= 4 is 30.0 Å². The molecule has 5 aliphatic carbocycles. The van der Waals surface area contributed by atoms with E-state index in [-0.39, 0.29) is 45.2 Å². The van der Waals surface area contributed by atoms with Crippen LogP contribution in [0.3, 0.4) is 0 Å². The van der Waals surface area contributed by atoms with Crippen LogP contribution in [0.4, 0.5) is 0 Å². The molecule has 4 saturated carbocycles. The van der Waals surface area contributed by atoms with Crippen molar-refractivity contribution in [1.29, 1.82) is 0 Å². The van der Waals surface area contributed by atoms with Gasteiger partial charge >= 0.3 is 23.9 Å². The zero-order valence-electron chi connectivity index (χ0n) is 32.1. The van der Waals surface area contributed by atoms with Gasteiger partial charge in [-0.2, -0.15) is 0 Å². The molecule has 1 aromatic rings. The van der Waals surface area contributed by atoms with Crippen molar-refractivity contribution in [3.63, 3.8) is 0 Å². The van der Waals surface area contributed by atoms with Crippen LogP contribution in [0.25, 0.3) is 6.08 Å². The summed E-state index contributed by atoms with van der Waals surface area (Å²) >= 11 is 0. The highest BCUT2D eigenvalue weighted by Crippen LogP contribution is 2.76. The Hall–Kier alpha value is -3.42. The van der Waals surface area contributed by atoms with E-state index in [9.17, 15) is 24.3 Å². The molecular weight excluding hydrogens is 644 g/mol. The minimum absolute atomic E-state index is 0.0389. The van der Waals surface area contributed by atoms with E-state index in [0.29, 0.717) is 29.2 Å². The molecular formula is C43H58O8. The summed E-state index contributed by atoms with van der Waals surface area (Å²) < 4.78 is 16.6. The molecule has 8 nitrogen and oxygen atoms in total. The highest BCUT2D eigenvalue weighted by molar-refractivity contribution is 5.87. The van der Waals surface area contributed by atoms with Gasteiger partial charge in [-0.05, 0) is 127 Å². The van der Waals surface area contributed by atoms with Crippen LogP contribution < -0.4 is 9.47 Å². The van der Waals surface area contributed by atoms with E-state index in [4.69, 9.17) is 14.2 Å². The van der Waals surface area contributed by atoms with E-state index >= 15 is 0 Å². The maximum atomic E-state index is 13.3. The van der Waals surface area contributed by atoms with Gasteiger partial charge in [0.05, 0.1) is 5.41 Å². The van der Waals surface area contributed by atoms with Gasteiger partial charge < -0.3 is 19.3 Å². The molecule has 0 aromatic heterocycles. The van der Waals surface area contributed by atoms with Crippen LogP contribution in [0.15, 0.2) is 35.9 Å². The van der Waals surface area contributed by atoms with Crippen molar-refractivity contribution in [2.75, 3.05) is 0 Å². The predicted molar refractivity (Wildman–Crippen MR) is 195 cm³/mol. The number of carbonyl (C=O) groups excluding carboxylic acids is 3. The fourth-order valence-corrected chi connectivity index (χ4v) is 12.5. The van der Waals surface area contributed by atoms with E-state index in [1.807, 2.05) is 0 Å². The molecule has 0 radical (unpaired) electrons. The third-order valence-electron chi connectivity index (χ3n) is 15.5. The first-order valence-electron chi connectivity index (χ1n) is 19.1. The minimum Gasteiger partial charge on any atom is -0.481 e. The Morgan fingerprint density at radius 3 is 2.18 bits per heavy atom.